The molecule has 170 valence electrons. The third-order valence-corrected chi connectivity index (χ3v) is 6.10. The predicted molar refractivity (Wildman–Crippen MR) is 130 cm³/mol. The molecule has 0 saturated heterocycles. The van der Waals surface area contributed by atoms with Gasteiger partial charge in [0.05, 0.1) is 24.2 Å². The number of fused-ring (bicyclic) bond motifs is 1. The van der Waals surface area contributed by atoms with E-state index < -0.39 is 6.04 Å². The number of furan rings is 1. The van der Waals surface area contributed by atoms with Crippen molar-refractivity contribution in [3.8, 4) is 0 Å². The van der Waals surface area contributed by atoms with Gasteiger partial charge in [-0.3, -0.25) is 14.6 Å². The van der Waals surface area contributed by atoms with Crippen molar-refractivity contribution in [2.24, 2.45) is 10.9 Å². The van der Waals surface area contributed by atoms with E-state index in [1.165, 1.54) is 4.90 Å². The van der Waals surface area contributed by atoms with E-state index in [0.717, 1.165) is 17.5 Å². The van der Waals surface area contributed by atoms with Crippen LogP contribution in [0.2, 0.25) is 5.02 Å². The number of carbonyl (C=O) groups excluding carboxylic acids is 2. The molecule has 1 aliphatic heterocycles. The van der Waals surface area contributed by atoms with Crippen LogP contribution in [0, 0.1) is 5.92 Å². The Morgan fingerprint density at radius 2 is 1.97 bits per heavy atom. The first-order valence-corrected chi connectivity index (χ1v) is 11.4. The Bertz CT molecular complexity index is 1160. The quantitative estimate of drug-likeness (QED) is 0.544. The minimum absolute atomic E-state index is 0.00493. The highest BCUT2D eigenvalue weighted by Gasteiger charge is 2.35. The van der Waals surface area contributed by atoms with Crippen molar-refractivity contribution in [1.29, 1.82) is 0 Å². The molecule has 1 N–H and O–H groups in total. The summed E-state index contributed by atoms with van der Waals surface area (Å²) in [5.41, 5.74) is 2.94. The SMILES string of the molecule is CC[C@@H](C)[C@@H]1N=C(c2ccccc2)c2cc(Cl)ccc2N(CC(=O)NCc2ccco2)C1=O. The molecule has 2 amide bonds. The largest absolute Gasteiger partial charge is 0.467 e. The maximum absolute atomic E-state index is 13.7. The molecule has 4 rings (SSSR count). The van der Waals surface area contributed by atoms with Crippen molar-refractivity contribution < 1.29 is 14.0 Å². The number of halogens is 1. The third-order valence-electron chi connectivity index (χ3n) is 5.86. The van der Waals surface area contributed by atoms with Crippen LogP contribution in [0.5, 0.6) is 0 Å². The van der Waals surface area contributed by atoms with E-state index in [2.05, 4.69) is 5.32 Å². The number of benzene rings is 2. The molecular formula is C26H26ClN3O3. The van der Waals surface area contributed by atoms with E-state index >= 15 is 0 Å². The van der Waals surface area contributed by atoms with Gasteiger partial charge in [0.1, 0.15) is 18.3 Å². The highest BCUT2D eigenvalue weighted by Crippen LogP contribution is 2.32. The van der Waals surface area contributed by atoms with Gasteiger partial charge >= 0.3 is 0 Å². The van der Waals surface area contributed by atoms with Crippen molar-refractivity contribution >= 4 is 34.8 Å². The summed E-state index contributed by atoms with van der Waals surface area (Å²) in [5, 5.41) is 3.36. The Morgan fingerprint density at radius 3 is 2.67 bits per heavy atom. The van der Waals surface area contributed by atoms with E-state index in [-0.39, 0.29) is 30.8 Å². The van der Waals surface area contributed by atoms with E-state index in [9.17, 15) is 9.59 Å². The zero-order valence-corrected chi connectivity index (χ0v) is 19.4. The van der Waals surface area contributed by atoms with Crippen LogP contribution in [0.3, 0.4) is 0 Å². The van der Waals surface area contributed by atoms with Gasteiger partial charge in [-0.2, -0.15) is 0 Å². The van der Waals surface area contributed by atoms with Crippen molar-refractivity contribution in [2.45, 2.75) is 32.9 Å². The first-order valence-electron chi connectivity index (χ1n) is 11.0. The molecule has 6 nitrogen and oxygen atoms in total. The lowest BCUT2D eigenvalue weighted by Gasteiger charge is -2.26. The number of carbonyl (C=O) groups is 2. The number of rotatable bonds is 7. The van der Waals surface area contributed by atoms with Crippen molar-refractivity contribution in [1.82, 2.24) is 5.32 Å². The molecule has 3 aromatic rings. The molecular weight excluding hydrogens is 438 g/mol. The normalized spacial score (nSPS) is 16.6. The van der Waals surface area contributed by atoms with Crippen LogP contribution >= 0.6 is 11.6 Å². The molecule has 33 heavy (non-hydrogen) atoms. The number of nitrogens with one attached hydrogen (secondary N) is 1. The third kappa shape index (κ3) is 5.01. The highest BCUT2D eigenvalue weighted by atomic mass is 35.5. The summed E-state index contributed by atoms with van der Waals surface area (Å²) >= 11 is 6.36. The van der Waals surface area contributed by atoms with Gasteiger partial charge in [0, 0.05) is 16.1 Å². The summed E-state index contributed by atoms with van der Waals surface area (Å²) < 4.78 is 5.28. The lowest BCUT2D eigenvalue weighted by atomic mass is 9.98. The topological polar surface area (TPSA) is 74.9 Å². The molecule has 0 fully saturated rings. The number of benzodiazepines with no additional fused rings is 1. The highest BCUT2D eigenvalue weighted by molar-refractivity contribution is 6.32. The van der Waals surface area contributed by atoms with Crippen molar-refractivity contribution in [2.75, 3.05) is 11.4 Å². The molecule has 0 bridgehead atoms. The first-order chi connectivity index (χ1) is 16.0. The van der Waals surface area contributed by atoms with Crippen LogP contribution in [0.1, 0.15) is 37.2 Å². The van der Waals surface area contributed by atoms with E-state index in [1.54, 1.807) is 30.5 Å². The Morgan fingerprint density at radius 1 is 1.18 bits per heavy atom. The van der Waals surface area contributed by atoms with E-state index in [4.69, 9.17) is 21.0 Å². The lowest BCUT2D eigenvalue weighted by molar-refractivity contribution is -0.125. The molecule has 0 radical (unpaired) electrons. The van der Waals surface area contributed by atoms with Gasteiger partial charge in [0.25, 0.3) is 5.91 Å². The number of amides is 2. The Hall–Kier alpha value is -3.38. The van der Waals surface area contributed by atoms with E-state index in [1.807, 2.05) is 50.2 Å². The summed E-state index contributed by atoms with van der Waals surface area (Å²) in [5.74, 6) is 0.151. The van der Waals surface area contributed by atoms with Crippen LogP contribution in [0.15, 0.2) is 76.3 Å². The minimum atomic E-state index is -0.616. The van der Waals surface area contributed by atoms with Crippen LogP contribution in [-0.2, 0) is 16.1 Å². The zero-order valence-electron chi connectivity index (χ0n) is 18.6. The van der Waals surface area contributed by atoms with Crippen LogP contribution in [0.25, 0.3) is 0 Å². The van der Waals surface area contributed by atoms with E-state index in [0.29, 0.717) is 22.2 Å². The second-order valence-electron chi connectivity index (χ2n) is 8.12. The van der Waals surface area contributed by atoms with Gasteiger partial charge in [-0.15, -0.1) is 0 Å². The summed E-state index contributed by atoms with van der Waals surface area (Å²) in [6.45, 7) is 4.17. The molecule has 1 aliphatic rings. The molecule has 0 saturated carbocycles. The fourth-order valence-corrected chi connectivity index (χ4v) is 4.03. The predicted octanol–water partition coefficient (Wildman–Crippen LogP) is 4.85. The van der Waals surface area contributed by atoms with Crippen LogP contribution in [-0.4, -0.2) is 30.1 Å². The number of hydrogen-bond acceptors (Lipinski definition) is 4. The first kappa shape index (κ1) is 22.8. The van der Waals surface area contributed by atoms with Gasteiger partial charge in [-0.25, -0.2) is 0 Å². The molecule has 0 aliphatic carbocycles. The second-order valence-corrected chi connectivity index (χ2v) is 8.55. The maximum atomic E-state index is 13.7. The van der Waals surface area contributed by atoms with Crippen molar-refractivity contribution in [3.05, 3.63) is 88.8 Å². The van der Waals surface area contributed by atoms with Gasteiger partial charge in [-0.1, -0.05) is 62.2 Å². The van der Waals surface area contributed by atoms with Gasteiger partial charge < -0.3 is 14.6 Å². The molecule has 7 heteroatoms. The molecule has 0 unspecified atom stereocenters. The second kappa shape index (κ2) is 10.0. The summed E-state index contributed by atoms with van der Waals surface area (Å²) in [4.78, 5) is 33.0. The minimum Gasteiger partial charge on any atom is -0.467 e. The maximum Gasteiger partial charge on any atom is 0.252 e. The number of anilines is 1. The Balaban J connectivity index is 1.74. The molecule has 2 aromatic carbocycles. The Labute approximate surface area is 198 Å². The number of aliphatic imine (C=N–C) groups is 1. The van der Waals surface area contributed by atoms with Crippen molar-refractivity contribution in [3.63, 3.8) is 0 Å². The average molecular weight is 464 g/mol. The smallest absolute Gasteiger partial charge is 0.252 e. The molecule has 2 heterocycles. The number of nitrogens with zero attached hydrogens (tertiary/aromatic N) is 2. The summed E-state index contributed by atoms with van der Waals surface area (Å²) in [6.07, 6.45) is 2.33. The monoisotopic (exact) mass is 463 g/mol. The number of hydrogen-bond donors (Lipinski definition) is 1. The summed E-state index contributed by atoms with van der Waals surface area (Å²) in [6, 6.07) is 18.0. The molecule has 2 atom stereocenters. The summed E-state index contributed by atoms with van der Waals surface area (Å²) in [7, 11) is 0. The van der Waals surface area contributed by atoms with Crippen LogP contribution in [0.4, 0.5) is 5.69 Å². The van der Waals surface area contributed by atoms with Gasteiger partial charge in [-0.05, 0) is 36.2 Å². The standard InChI is InChI=1S/C26H26ClN3O3/c1-3-17(2)24-26(32)30(16-23(31)28-15-20-10-7-13-33-20)22-12-11-19(27)14-21(22)25(29-24)18-8-5-4-6-9-18/h4-14,17,24H,3,15-16H2,1-2H3,(H,28,31)/t17-,24+/m1/s1. The fourth-order valence-electron chi connectivity index (χ4n) is 3.86. The fraction of sp³-hybridized carbons (Fsp3) is 0.269. The molecule has 0 spiro atoms. The Kier molecular flexibility index (Phi) is 6.94. The van der Waals surface area contributed by atoms with Crippen LogP contribution < -0.4 is 10.2 Å². The average Bonchev–Trinajstić information content (AvgIpc) is 3.32. The van der Waals surface area contributed by atoms with Gasteiger partial charge in [0.15, 0.2) is 0 Å². The zero-order chi connectivity index (χ0) is 23.4. The van der Waals surface area contributed by atoms with Gasteiger partial charge in [0.2, 0.25) is 5.91 Å². The lowest BCUT2D eigenvalue weighted by Crippen LogP contribution is -2.46. The molecule has 1 aromatic heterocycles.